The van der Waals surface area contributed by atoms with Gasteiger partial charge in [0.15, 0.2) is 0 Å². The van der Waals surface area contributed by atoms with Crippen LogP contribution in [-0.4, -0.2) is 15.0 Å². The number of fused-ring (bicyclic) bond motifs is 1. The summed E-state index contributed by atoms with van der Waals surface area (Å²) >= 11 is 0. The van der Waals surface area contributed by atoms with E-state index >= 15 is 0 Å². The van der Waals surface area contributed by atoms with Crippen molar-refractivity contribution in [3.8, 4) is 16.9 Å². The summed E-state index contributed by atoms with van der Waals surface area (Å²) in [5.41, 5.74) is 2.55. The summed E-state index contributed by atoms with van der Waals surface area (Å²) in [6.07, 6.45) is 4.89. The van der Waals surface area contributed by atoms with E-state index in [1.807, 2.05) is 103 Å². The average molecular weight is 416 g/mol. The summed E-state index contributed by atoms with van der Waals surface area (Å²) in [6.45, 7) is 0. The summed E-state index contributed by atoms with van der Waals surface area (Å²) in [5.74, 6) is -0.392. The molecule has 0 bridgehead atoms. The Labute approximate surface area is 185 Å². The maximum atomic E-state index is 13.4. The highest BCUT2D eigenvalue weighted by Crippen LogP contribution is 2.25. The number of benzene rings is 4. The molecule has 0 aliphatic rings. The van der Waals surface area contributed by atoms with Crippen LogP contribution in [0.4, 0.5) is 0 Å². The SMILES string of the molecule is O=C(/C=C/c1ccccc1)n1c(-c2ccc3ccccc3c2)cn(-c2ccccc2)c1=O. The quantitative estimate of drug-likeness (QED) is 0.347. The lowest BCUT2D eigenvalue weighted by molar-refractivity contribution is 0.0967. The third-order valence-corrected chi connectivity index (χ3v) is 5.41. The highest BCUT2D eigenvalue weighted by Gasteiger charge is 2.18. The number of nitrogens with zero attached hydrogens (tertiary/aromatic N) is 2. The van der Waals surface area contributed by atoms with E-state index in [1.165, 1.54) is 15.2 Å². The first kappa shape index (κ1) is 19.5. The number of hydrogen-bond donors (Lipinski definition) is 0. The summed E-state index contributed by atoms with van der Waals surface area (Å²) in [6, 6.07) is 32.8. The van der Waals surface area contributed by atoms with E-state index in [9.17, 15) is 9.59 Å². The predicted molar refractivity (Wildman–Crippen MR) is 129 cm³/mol. The second-order valence-corrected chi connectivity index (χ2v) is 7.48. The van der Waals surface area contributed by atoms with Crippen molar-refractivity contribution in [1.29, 1.82) is 0 Å². The zero-order valence-corrected chi connectivity index (χ0v) is 17.3. The second kappa shape index (κ2) is 8.36. The van der Waals surface area contributed by atoms with Crippen LogP contribution in [0.5, 0.6) is 0 Å². The molecule has 32 heavy (non-hydrogen) atoms. The minimum atomic E-state index is -0.401. The fraction of sp³-hybridized carbons (Fsp3) is 0. The van der Waals surface area contributed by atoms with Crippen LogP contribution in [-0.2, 0) is 0 Å². The van der Waals surface area contributed by atoms with Crippen LogP contribution in [0, 0.1) is 0 Å². The van der Waals surface area contributed by atoms with Crippen LogP contribution < -0.4 is 5.69 Å². The third-order valence-electron chi connectivity index (χ3n) is 5.41. The minimum Gasteiger partial charge on any atom is -0.269 e. The predicted octanol–water partition coefficient (Wildman–Crippen LogP) is 5.81. The Kier molecular flexibility index (Phi) is 5.10. The molecule has 5 aromatic rings. The number of para-hydroxylation sites is 1. The highest BCUT2D eigenvalue weighted by molar-refractivity contribution is 5.97. The van der Waals surface area contributed by atoms with Gasteiger partial charge in [-0.05, 0) is 40.6 Å². The van der Waals surface area contributed by atoms with Gasteiger partial charge < -0.3 is 0 Å². The van der Waals surface area contributed by atoms with Crippen LogP contribution in [0.3, 0.4) is 0 Å². The third kappa shape index (κ3) is 3.70. The monoisotopic (exact) mass is 416 g/mol. The molecular weight excluding hydrogens is 396 g/mol. The number of carbonyl (C=O) groups is 1. The molecule has 154 valence electrons. The summed E-state index contributed by atoms with van der Waals surface area (Å²) in [7, 11) is 0. The van der Waals surface area contributed by atoms with Crippen LogP contribution in [0.15, 0.2) is 120 Å². The van der Waals surface area contributed by atoms with Gasteiger partial charge in [0.2, 0.25) is 0 Å². The number of allylic oxidation sites excluding steroid dienone is 1. The molecule has 0 N–H and O–H groups in total. The molecule has 0 saturated carbocycles. The Morgan fingerprint density at radius 3 is 2.12 bits per heavy atom. The summed E-state index contributed by atoms with van der Waals surface area (Å²) < 4.78 is 2.75. The molecule has 0 saturated heterocycles. The van der Waals surface area contributed by atoms with E-state index in [2.05, 4.69) is 0 Å². The van der Waals surface area contributed by atoms with Crippen LogP contribution in [0.1, 0.15) is 10.4 Å². The summed E-state index contributed by atoms with van der Waals surface area (Å²) in [5, 5.41) is 2.15. The van der Waals surface area contributed by atoms with E-state index in [-0.39, 0.29) is 0 Å². The molecule has 0 atom stereocenters. The Bertz CT molecular complexity index is 1490. The molecule has 4 nitrogen and oxygen atoms in total. The van der Waals surface area contributed by atoms with Crippen LogP contribution >= 0.6 is 0 Å². The fourth-order valence-electron chi connectivity index (χ4n) is 3.79. The molecule has 1 aromatic heterocycles. The Morgan fingerprint density at radius 1 is 0.719 bits per heavy atom. The molecule has 0 amide bonds. The first-order valence-electron chi connectivity index (χ1n) is 10.4. The summed E-state index contributed by atoms with van der Waals surface area (Å²) in [4.78, 5) is 26.6. The van der Waals surface area contributed by atoms with Gasteiger partial charge in [-0.25, -0.2) is 9.36 Å². The van der Waals surface area contributed by atoms with Gasteiger partial charge in [0, 0.05) is 17.8 Å². The van der Waals surface area contributed by atoms with E-state index in [0.717, 1.165) is 21.9 Å². The lowest BCUT2D eigenvalue weighted by Crippen LogP contribution is -2.27. The molecule has 4 aromatic carbocycles. The van der Waals surface area contributed by atoms with Crippen molar-refractivity contribution in [2.75, 3.05) is 0 Å². The van der Waals surface area contributed by atoms with Gasteiger partial charge in [-0.15, -0.1) is 0 Å². The molecule has 0 aliphatic heterocycles. The smallest absolute Gasteiger partial charge is 0.269 e. The molecule has 4 heteroatoms. The lowest BCUT2D eigenvalue weighted by atomic mass is 10.1. The Hall–Kier alpha value is -4.44. The maximum absolute atomic E-state index is 13.4. The molecule has 0 aliphatic carbocycles. The van der Waals surface area contributed by atoms with Gasteiger partial charge in [-0.3, -0.25) is 9.36 Å². The van der Waals surface area contributed by atoms with Gasteiger partial charge in [0.25, 0.3) is 5.91 Å². The van der Waals surface area contributed by atoms with E-state index in [4.69, 9.17) is 0 Å². The first-order chi connectivity index (χ1) is 15.7. The standard InChI is InChI=1S/C28H20N2O2/c31-27(18-15-21-9-3-1-4-10-21)30-26(20-29(28(30)32)25-13-5-2-6-14-25)24-17-16-22-11-7-8-12-23(22)19-24/h1-20H/b18-15+. The Balaban J connectivity index is 1.66. The zero-order chi connectivity index (χ0) is 21.9. The largest absolute Gasteiger partial charge is 0.340 e. The number of imidazole rings is 1. The van der Waals surface area contributed by atoms with Crippen molar-refractivity contribution in [2.45, 2.75) is 0 Å². The zero-order valence-electron chi connectivity index (χ0n) is 17.3. The molecule has 0 unspecified atom stereocenters. The first-order valence-corrected chi connectivity index (χ1v) is 10.4. The van der Waals surface area contributed by atoms with Gasteiger partial charge in [-0.2, -0.15) is 0 Å². The van der Waals surface area contributed by atoms with Crippen molar-refractivity contribution < 1.29 is 4.79 Å². The lowest BCUT2D eigenvalue weighted by Gasteiger charge is -2.05. The van der Waals surface area contributed by atoms with Gasteiger partial charge in [0.1, 0.15) is 0 Å². The highest BCUT2D eigenvalue weighted by atomic mass is 16.2. The molecule has 0 spiro atoms. The fourth-order valence-corrected chi connectivity index (χ4v) is 3.79. The van der Waals surface area contributed by atoms with Gasteiger partial charge in [-0.1, -0.05) is 84.9 Å². The molecule has 5 rings (SSSR count). The number of aromatic nitrogens is 2. The minimum absolute atomic E-state index is 0.392. The molecule has 0 fully saturated rings. The van der Waals surface area contributed by atoms with Crippen molar-refractivity contribution in [3.05, 3.63) is 131 Å². The normalized spacial score (nSPS) is 11.2. The van der Waals surface area contributed by atoms with Crippen molar-refractivity contribution in [3.63, 3.8) is 0 Å². The van der Waals surface area contributed by atoms with Gasteiger partial charge >= 0.3 is 5.69 Å². The van der Waals surface area contributed by atoms with E-state index < -0.39 is 11.6 Å². The number of hydrogen-bond acceptors (Lipinski definition) is 2. The topological polar surface area (TPSA) is 44.0 Å². The van der Waals surface area contributed by atoms with Crippen molar-refractivity contribution in [1.82, 2.24) is 9.13 Å². The van der Waals surface area contributed by atoms with Crippen LogP contribution in [0.25, 0.3) is 33.8 Å². The molecular formula is C28H20N2O2. The number of carbonyl (C=O) groups excluding carboxylic acids is 1. The second-order valence-electron chi connectivity index (χ2n) is 7.48. The molecule has 0 radical (unpaired) electrons. The number of rotatable bonds is 4. The van der Waals surface area contributed by atoms with E-state index in [0.29, 0.717) is 11.4 Å². The van der Waals surface area contributed by atoms with Crippen molar-refractivity contribution >= 4 is 22.8 Å². The molecule has 1 heterocycles. The van der Waals surface area contributed by atoms with E-state index in [1.54, 1.807) is 12.3 Å². The van der Waals surface area contributed by atoms with Crippen molar-refractivity contribution in [2.24, 2.45) is 0 Å². The average Bonchev–Trinajstić information content (AvgIpc) is 3.20. The van der Waals surface area contributed by atoms with Crippen LogP contribution in [0.2, 0.25) is 0 Å². The maximum Gasteiger partial charge on any atom is 0.340 e. The van der Waals surface area contributed by atoms with Gasteiger partial charge in [0.05, 0.1) is 11.4 Å². The Morgan fingerprint density at radius 2 is 1.38 bits per heavy atom.